The zero-order valence-electron chi connectivity index (χ0n) is 19.2. The lowest BCUT2D eigenvalue weighted by Crippen LogP contribution is -2.31. The zero-order chi connectivity index (χ0) is 21.5. The highest BCUT2D eigenvalue weighted by atomic mass is 32.2. The van der Waals surface area contributed by atoms with Crippen molar-refractivity contribution < 1.29 is 9.47 Å². The summed E-state index contributed by atoms with van der Waals surface area (Å²) in [6.07, 6.45) is 10.1. The molecule has 3 heteroatoms. The maximum absolute atomic E-state index is 6.54. The fourth-order valence-corrected chi connectivity index (χ4v) is 6.11. The number of hydrogen-bond acceptors (Lipinski definition) is 3. The summed E-state index contributed by atoms with van der Waals surface area (Å²) in [7, 11) is 0. The van der Waals surface area contributed by atoms with E-state index in [1.807, 2.05) is 11.8 Å². The molecule has 4 rings (SSSR count). The van der Waals surface area contributed by atoms with E-state index in [2.05, 4.69) is 62.4 Å². The number of thioether (sulfide) groups is 1. The molecule has 0 saturated heterocycles. The van der Waals surface area contributed by atoms with Gasteiger partial charge in [0.2, 0.25) is 6.29 Å². The Bertz CT molecular complexity index is 797. The van der Waals surface area contributed by atoms with Crippen LogP contribution in [-0.4, -0.2) is 18.6 Å². The molecule has 0 amide bonds. The Morgan fingerprint density at radius 3 is 2.52 bits per heavy atom. The summed E-state index contributed by atoms with van der Waals surface area (Å²) in [5.74, 6) is 3.75. The van der Waals surface area contributed by atoms with Gasteiger partial charge in [0.05, 0.1) is 6.61 Å². The molecular formula is C28H38O2S. The SMILES string of the molecule is CCC(C)c1ccc(OC(OCCC2CCCCC2)C2CCSc3ccccc32)cc1. The third-order valence-electron chi connectivity index (χ3n) is 7.18. The average molecular weight is 439 g/mol. The van der Waals surface area contributed by atoms with Crippen molar-refractivity contribution in [2.75, 3.05) is 12.4 Å². The van der Waals surface area contributed by atoms with Gasteiger partial charge in [0, 0.05) is 10.8 Å². The topological polar surface area (TPSA) is 18.5 Å². The van der Waals surface area contributed by atoms with Crippen LogP contribution in [0.15, 0.2) is 53.4 Å². The van der Waals surface area contributed by atoms with Gasteiger partial charge in [0.25, 0.3) is 0 Å². The molecule has 3 atom stereocenters. The average Bonchev–Trinajstić information content (AvgIpc) is 2.83. The lowest BCUT2D eigenvalue weighted by atomic mass is 9.87. The molecule has 2 aromatic rings. The van der Waals surface area contributed by atoms with E-state index in [0.29, 0.717) is 5.92 Å². The molecule has 2 aromatic carbocycles. The van der Waals surface area contributed by atoms with Gasteiger partial charge in [-0.1, -0.05) is 76.3 Å². The first-order chi connectivity index (χ1) is 15.2. The zero-order valence-corrected chi connectivity index (χ0v) is 20.0. The monoisotopic (exact) mass is 438 g/mol. The van der Waals surface area contributed by atoms with Crippen LogP contribution in [0, 0.1) is 5.92 Å². The summed E-state index contributed by atoms with van der Waals surface area (Å²) in [6, 6.07) is 17.5. The first kappa shape index (κ1) is 22.7. The fraction of sp³-hybridized carbons (Fsp3) is 0.571. The summed E-state index contributed by atoms with van der Waals surface area (Å²) >= 11 is 1.96. The minimum atomic E-state index is -0.222. The molecule has 1 aliphatic heterocycles. The first-order valence-corrected chi connectivity index (χ1v) is 13.3. The van der Waals surface area contributed by atoms with Gasteiger partial charge < -0.3 is 9.47 Å². The van der Waals surface area contributed by atoms with Crippen LogP contribution >= 0.6 is 11.8 Å². The Balaban J connectivity index is 1.47. The molecule has 0 bridgehead atoms. The minimum Gasteiger partial charge on any atom is -0.464 e. The Hall–Kier alpha value is -1.45. The molecule has 1 fully saturated rings. The molecule has 3 unspecified atom stereocenters. The number of ether oxygens (including phenoxy) is 2. The smallest absolute Gasteiger partial charge is 0.206 e. The molecule has 0 spiro atoms. The van der Waals surface area contributed by atoms with Gasteiger partial charge in [0.1, 0.15) is 5.75 Å². The van der Waals surface area contributed by atoms with E-state index in [4.69, 9.17) is 9.47 Å². The second-order valence-corrected chi connectivity index (χ2v) is 10.4. The van der Waals surface area contributed by atoms with Crippen LogP contribution in [0.2, 0.25) is 0 Å². The Morgan fingerprint density at radius 2 is 1.74 bits per heavy atom. The summed E-state index contributed by atoms with van der Waals surface area (Å²) < 4.78 is 13.0. The van der Waals surface area contributed by atoms with E-state index in [1.54, 1.807) is 0 Å². The van der Waals surface area contributed by atoms with Gasteiger partial charge in [-0.25, -0.2) is 0 Å². The summed E-state index contributed by atoms with van der Waals surface area (Å²) in [4.78, 5) is 1.38. The minimum absolute atomic E-state index is 0.222. The predicted octanol–water partition coefficient (Wildman–Crippen LogP) is 8.17. The lowest BCUT2D eigenvalue weighted by Gasteiger charge is -2.32. The summed E-state index contributed by atoms with van der Waals surface area (Å²) in [6.45, 7) is 5.32. The van der Waals surface area contributed by atoms with Crippen molar-refractivity contribution in [2.24, 2.45) is 5.92 Å². The van der Waals surface area contributed by atoms with Crippen LogP contribution in [0.5, 0.6) is 5.75 Å². The largest absolute Gasteiger partial charge is 0.464 e. The molecule has 1 aliphatic carbocycles. The summed E-state index contributed by atoms with van der Waals surface area (Å²) in [5.41, 5.74) is 2.77. The second kappa shape index (κ2) is 11.4. The van der Waals surface area contributed by atoms with Gasteiger partial charge in [-0.2, -0.15) is 0 Å². The highest BCUT2D eigenvalue weighted by molar-refractivity contribution is 7.99. The van der Waals surface area contributed by atoms with E-state index < -0.39 is 0 Å². The standard InChI is InChI=1S/C28H38O2S/c1-3-21(2)23-13-15-24(16-14-23)30-28(29-19-17-22-9-5-4-6-10-22)26-18-20-31-27-12-8-7-11-25(26)27/h7-8,11-16,21-22,26,28H,3-6,9-10,17-20H2,1-2H3. The number of benzene rings is 2. The van der Waals surface area contributed by atoms with Crippen molar-refractivity contribution in [2.45, 2.75) is 88.2 Å². The van der Waals surface area contributed by atoms with Crippen LogP contribution < -0.4 is 4.74 Å². The second-order valence-electron chi connectivity index (χ2n) is 9.31. The molecule has 0 aromatic heterocycles. The Morgan fingerprint density at radius 1 is 0.968 bits per heavy atom. The maximum atomic E-state index is 6.54. The molecule has 1 heterocycles. The third kappa shape index (κ3) is 6.08. The van der Waals surface area contributed by atoms with Crippen LogP contribution in [0.3, 0.4) is 0 Å². The van der Waals surface area contributed by atoms with Crippen molar-refractivity contribution >= 4 is 11.8 Å². The van der Waals surface area contributed by atoms with E-state index in [0.717, 1.165) is 43.3 Å². The molecule has 31 heavy (non-hydrogen) atoms. The number of rotatable bonds is 9. The first-order valence-electron chi connectivity index (χ1n) is 12.3. The Labute approximate surface area is 193 Å². The quantitative estimate of drug-likeness (QED) is 0.368. The van der Waals surface area contributed by atoms with Gasteiger partial charge in [-0.3, -0.25) is 0 Å². The molecule has 0 radical (unpaired) electrons. The molecule has 0 N–H and O–H groups in total. The Kier molecular flexibility index (Phi) is 8.38. The molecule has 2 nitrogen and oxygen atoms in total. The third-order valence-corrected chi connectivity index (χ3v) is 8.30. The van der Waals surface area contributed by atoms with Crippen molar-refractivity contribution in [3.63, 3.8) is 0 Å². The van der Waals surface area contributed by atoms with E-state index >= 15 is 0 Å². The lowest BCUT2D eigenvalue weighted by molar-refractivity contribution is -0.101. The fourth-order valence-electron chi connectivity index (χ4n) is 4.96. The van der Waals surface area contributed by atoms with E-state index in [-0.39, 0.29) is 12.2 Å². The van der Waals surface area contributed by atoms with E-state index in [1.165, 1.54) is 48.1 Å². The van der Waals surface area contributed by atoms with Crippen molar-refractivity contribution in [3.05, 3.63) is 59.7 Å². The number of fused-ring (bicyclic) bond motifs is 1. The van der Waals surface area contributed by atoms with Crippen LogP contribution in [-0.2, 0) is 4.74 Å². The van der Waals surface area contributed by atoms with Gasteiger partial charge in [-0.05, 0) is 66.2 Å². The highest BCUT2D eigenvalue weighted by Gasteiger charge is 2.31. The van der Waals surface area contributed by atoms with Crippen molar-refractivity contribution in [1.82, 2.24) is 0 Å². The van der Waals surface area contributed by atoms with Gasteiger partial charge >= 0.3 is 0 Å². The van der Waals surface area contributed by atoms with Crippen LogP contribution in [0.4, 0.5) is 0 Å². The van der Waals surface area contributed by atoms with Crippen molar-refractivity contribution in [3.8, 4) is 5.75 Å². The summed E-state index contributed by atoms with van der Waals surface area (Å²) in [5, 5.41) is 0. The normalized spacial score (nSPS) is 21.3. The highest BCUT2D eigenvalue weighted by Crippen LogP contribution is 2.41. The van der Waals surface area contributed by atoms with Crippen LogP contribution in [0.1, 0.15) is 88.2 Å². The molecule has 1 saturated carbocycles. The van der Waals surface area contributed by atoms with Crippen LogP contribution in [0.25, 0.3) is 0 Å². The van der Waals surface area contributed by atoms with Gasteiger partial charge in [-0.15, -0.1) is 11.8 Å². The maximum Gasteiger partial charge on any atom is 0.206 e. The number of hydrogen-bond donors (Lipinski definition) is 0. The van der Waals surface area contributed by atoms with Crippen molar-refractivity contribution in [1.29, 1.82) is 0 Å². The predicted molar refractivity (Wildman–Crippen MR) is 131 cm³/mol. The van der Waals surface area contributed by atoms with E-state index in [9.17, 15) is 0 Å². The van der Waals surface area contributed by atoms with Gasteiger partial charge in [0.15, 0.2) is 0 Å². The molecule has 168 valence electrons. The molecular weight excluding hydrogens is 400 g/mol. The molecule has 2 aliphatic rings.